The van der Waals surface area contributed by atoms with Gasteiger partial charge in [0.05, 0.1) is 22.6 Å². The molecule has 2 aromatic carbocycles. The minimum Gasteiger partial charge on any atom is -0.381 e. The lowest BCUT2D eigenvalue weighted by Crippen LogP contribution is -2.33. The van der Waals surface area contributed by atoms with E-state index in [-0.39, 0.29) is 16.9 Å². The third kappa shape index (κ3) is 4.17. The van der Waals surface area contributed by atoms with E-state index in [9.17, 15) is 9.59 Å². The number of amides is 1. The first-order valence-corrected chi connectivity index (χ1v) is 12.4. The molecule has 0 aliphatic rings. The summed E-state index contributed by atoms with van der Waals surface area (Å²) in [5.74, 6) is -0.0376. The monoisotopic (exact) mass is 516 g/mol. The lowest BCUT2D eigenvalue weighted by atomic mass is 10.0. The number of hydrogen-bond acceptors (Lipinski definition) is 7. The summed E-state index contributed by atoms with van der Waals surface area (Å²) in [7, 11) is 0. The van der Waals surface area contributed by atoms with Crippen molar-refractivity contribution in [1.29, 1.82) is 0 Å². The fourth-order valence-corrected chi connectivity index (χ4v) is 4.77. The number of anilines is 1. The number of nitrogens with two attached hydrogens (primary N) is 1. The van der Waals surface area contributed by atoms with Crippen molar-refractivity contribution in [3.05, 3.63) is 113 Å². The van der Waals surface area contributed by atoms with Crippen molar-refractivity contribution in [3.63, 3.8) is 0 Å². The largest absolute Gasteiger partial charge is 0.381 e. The first-order valence-electron chi connectivity index (χ1n) is 12.4. The van der Waals surface area contributed by atoms with Gasteiger partial charge in [0, 0.05) is 24.3 Å². The van der Waals surface area contributed by atoms with Crippen LogP contribution in [-0.2, 0) is 0 Å². The van der Waals surface area contributed by atoms with E-state index in [1.54, 1.807) is 42.2 Å². The first-order chi connectivity index (χ1) is 18.9. The van der Waals surface area contributed by atoms with E-state index in [0.29, 0.717) is 28.1 Å². The second-order valence-electron chi connectivity index (χ2n) is 9.17. The summed E-state index contributed by atoms with van der Waals surface area (Å²) in [6.45, 7) is 3.68. The Morgan fingerprint density at radius 1 is 1.00 bits per heavy atom. The highest BCUT2D eigenvalue weighted by Crippen LogP contribution is 2.28. The summed E-state index contributed by atoms with van der Waals surface area (Å²) < 4.78 is 2.99. The second kappa shape index (κ2) is 9.49. The predicted octanol–water partition coefficient (Wildman–Crippen LogP) is 3.87. The Labute approximate surface area is 222 Å². The maximum atomic E-state index is 14.2. The molecule has 6 aromatic rings. The van der Waals surface area contributed by atoms with Gasteiger partial charge in [0.15, 0.2) is 11.5 Å². The zero-order valence-electron chi connectivity index (χ0n) is 21.2. The van der Waals surface area contributed by atoms with Crippen molar-refractivity contribution >= 4 is 28.3 Å². The standard InChI is InChI=1S/C29H24N8O2/c1-17-16-19(12-14-31-17)21-10-6-11-22-23(21)29(39)37(20-8-4-3-5-9-20)26(34-22)18(2)33-28(38)24-25(30)35-36-15-7-13-32-27(24)36/h3-16,18H,1-2H3,(H2,30,35)(H,33,38)/t18-/m0/s1. The molecule has 10 heteroatoms. The molecule has 1 atom stereocenters. The zero-order valence-corrected chi connectivity index (χ0v) is 21.2. The number of pyridine rings is 1. The molecule has 0 aliphatic carbocycles. The van der Waals surface area contributed by atoms with Crippen LogP contribution in [0, 0.1) is 6.92 Å². The van der Waals surface area contributed by atoms with Crippen LogP contribution in [0.3, 0.4) is 0 Å². The van der Waals surface area contributed by atoms with Crippen molar-refractivity contribution < 1.29 is 4.79 Å². The van der Waals surface area contributed by atoms with E-state index in [2.05, 4.69) is 20.4 Å². The molecular weight excluding hydrogens is 492 g/mol. The number of aryl methyl sites for hydroxylation is 1. The molecule has 6 rings (SSSR count). The van der Waals surface area contributed by atoms with Gasteiger partial charge in [-0.3, -0.25) is 19.1 Å². The normalized spacial score (nSPS) is 12.1. The number of para-hydroxylation sites is 1. The number of fused-ring (bicyclic) bond motifs is 2. The number of rotatable bonds is 5. The van der Waals surface area contributed by atoms with Crippen LogP contribution in [0.5, 0.6) is 0 Å². The van der Waals surface area contributed by atoms with Crippen molar-refractivity contribution in [2.75, 3.05) is 5.73 Å². The molecule has 0 fully saturated rings. The summed E-state index contributed by atoms with van der Waals surface area (Å²) in [5, 5.41) is 7.60. The van der Waals surface area contributed by atoms with Crippen LogP contribution in [0.2, 0.25) is 0 Å². The fraction of sp³-hybridized carbons (Fsp3) is 0.103. The Kier molecular flexibility index (Phi) is 5.84. The number of nitrogens with zero attached hydrogens (tertiary/aromatic N) is 6. The van der Waals surface area contributed by atoms with Gasteiger partial charge in [0.2, 0.25) is 0 Å². The van der Waals surface area contributed by atoms with Gasteiger partial charge in [-0.1, -0.05) is 30.3 Å². The van der Waals surface area contributed by atoms with Crippen LogP contribution < -0.4 is 16.6 Å². The molecule has 0 radical (unpaired) electrons. The second-order valence-corrected chi connectivity index (χ2v) is 9.17. The van der Waals surface area contributed by atoms with Crippen LogP contribution in [0.15, 0.2) is 90.1 Å². The maximum absolute atomic E-state index is 14.2. The maximum Gasteiger partial charge on any atom is 0.266 e. The number of benzene rings is 2. The van der Waals surface area contributed by atoms with Gasteiger partial charge in [-0.25, -0.2) is 14.5 Å². The molecule has 0 saturated carbocycles. The summed E-state index contributed by atoms with van der Waals surface area (Å²) in [6.07, 6.45) is 4.95. The average molecular weight is 517 g/mol. The molecule has 3 N–H and O–H groups in total. The van der Waals surface area contributed by atoms with E-state index in [4.69, 9.17) is 10.7 Å². The Morgan fingerprint density at radius 2 is 1.82 bits per heavy atom. The first kappa shape index (κ1) is 24.0. The summed E-state index contributed by atoms with van der Waals surface area (Å²) >= 11 is 0. The van der Waals surface area contributed by atoms with Crippen molar-refractivity contribution in [1.82, 2.24) is 34.4 Å². The molecule has 39 heavy (non-hydrogen) atoms. The molecule has 0 spiro atoms. The van der Waals surface area contributed by atoms with Crippen LogP contribution >= 0.6 is 0 Å². The van der Waals surface area contributed by atoms with Crippen LogP contribution in [0.25, 0.3) is 33.4 Å². The highest BCUT2D eigenvalue weighted by Gasteiger charge is 2.25. The number of carbonyl (C=O) groups is 1. The van der Waals surface area contributed by atoms with Crippen molar-refractivity contribution in [2.24, 2.45) is 0 Å². The topological polar surface area (TPSA) is 133 Å². The van der Waals surface area contributed by atoms with Gasteiger partial charge in [-0.15, -0.1) is 5.10 Å². The number of nitrogens with one attached hydrogen (secondary N) is 1. The number of carbonyl (C=O) groups excluding carboxylic acids is 1. The van der Waals surface area contributed by atoms with Crippen LogP contribution in [-0.4, -0.2) is 35.0 Å². The molecule has 4 aromatic heterocycles. The predicted molar refractivity (Wildman–Crippen MR) is 149 cm³/mol. The lowest BCUT2D eigenvalue weighted by molar-refractivity contribution is 0.0940. The van der Waals surface area contributed by atoms with Crippen LogP contribution in [0.1, 0.15) is 34.8 Å². The molecule has 0 bridgehead atoms. The van der Waals surface area contributed by atoms with E-state index in [1.807, 2.05) is 61.5 Å². The van der Waals surface area contributed by atoms with Crippen molar-refractivity contribution in [3.8, 4) is 16.8 Å². The Morgan fingerprint density at radius 3 is 2.62 bits per heavy atom. The quantitative estimate of drug-likeness (QED) is 0.355. The van der Waals surface area contributed by atoms with Crippen LogP contribution in [0.4, 0.5) is 5.82 Å². The third-order valence-corrected chi connectivity index (χ3v) is 6.53. The average Bonchev–Trinajstić information content (AvgIpc) is 3.28. The number of hydrogen-bond donors (Lipinski definition) is 2. The lowest BCUT2D eigenvalue weighted by Gasteiger charge is -2.20. The SMILES string of the molecule is Cc1cc(-c2cccc3nc([C@H](C)NC(=O)c4c(N)nn5cccnc45)n(-c4ccccc4)c(=O)c23)ccn1. The minimum absolute atomic E-state index is 0.0580. The Balaban J connectivity index is 1.52. The molecule has 10 nitrogen and oxygen atoms in total. The van der Waals surface area contributed by atoms with E-state index in [0.717, 1.165) is 16.8 Å². The highest BCUT2D eigenvalue weighted by atomic mass is 16.2. The summed E-state index contributed by atoms with van der Waals surface area (Å²) in [6, 6.07) is 19.7. The van der Waals surface area contributed by atoms with Gasteiger partial charge in [0.25, 0.3) is 11.5 Å². The zero-order chi connectivity index (χ0) is 27.1. The molecule has 192 valence electrons. The smallest absolute Gasteiger partial charge is 0.266 e. The fourth-order valence-electron chi connectivity index (χ4n) is 4.77. The molecule has 0 saturated heterocycles. The van der Waals surface area contributed by atoms with Gasteiger partial charge in [-0.05, 0) is 61.4 Å². The van der Waals surface area contributed by atoms with E-state index >= 15 is 0 Å². The Bertz CT molecular complexity index is 1930. The van der Waals surface area contributed by atoms with Crippen molar-refractivity contribution in [2.45, 2.75) is 19.9 Å². The number of nitrogen functional groups attached to an aromatic ring is 1. The van der Waals surface area contributed by atoms with Gasteiger partial charge in [0.1, 0.15) is 11.4 Å². The van der Waals surface area contributed by atoms with E-state index < -0.39 is 11.9 Å². The summed E-state index contributed by atoms with van der Waals surface area (Å²) in [5.41, 5.74) is 9.94. The van der Waals surface area contributed by atoms with E-state index in [1.165, 1.54) is 4.52 Å². The number of aromatic nitrogens is 6. The van der Waals surface area contributed by atoms with Gasteiger partial charge in [-0.2, -0.15) is 0 Å². The molecule has 1 amide bonds. The Hall–Kier alpha value is -5.38. The minimum atomic E-state index is -0.667. The molecule has 4 heterocycles. The molecule has 0 aliphatic heterocycles. The highest BCUT2D eigenvalue weighted by molar-refractivity contribution is 6.04. The van der Waals surface area contributed by atoms with Gasteiger partial charge >= 0.3 is 0 Å². The molecular formula is C29H24N8O2. The third-order valence-electron chi connectivity index (χ3n) is 6.53. The molecule has 0 unspecified atom stereocenters. The van der Waals surface area contributed by atoms with Gasteiger partial charge < -0.3 is 11.1 Å². The summed E-state index contributed by atoms with van der Waals surface area (Å²) in [4.78, 5) is 41.1.